The molecule has 1 atom stereocenters. The van der Waals surface area contributed by atoms with Crippen molar-refractivity contribution in [1.82, 2.24) is 10.3 Å². The van der Waals surface area contributed by atoms with Crippen LogP contribution in [0.3, 0.4) is 0 Å². The summed E-state index contributed by atoms with van der Waals surface area (Å²) in [6.45, 7) is 8.03. The van der Waals surface area contributed by atoms with E-state index in [1.807, 2.05) is 39.8 Å². The van der Waals surface area contributed by atoms with Crippen molar-refractivity contribution >= 4 is 11.7 Å². The molecule has 0 saturated heterocycles. The Morgan fingerprint density at radius 2 is 2.14 bits per heavy atom. The van der Waals surface area contributed by atoms with Crippen molar-refractivity contribution < 1.29 is 9.63 Å². The molecule has 1 aromatic heterocycles. The van der Waals surface area contributed by atoms with E-state index in [4.69, 9.17) is 10.6 Å². The third kappa shape index (κ3) is 5.81. The van der Waals surface area contributed by atoms with Crippen LogP contribution in [0, 0.1) is 11.8 Å². The highest BCUT2D eigenvalue weighted by molar-refractivity contribution is 5.83. The zero-order valence-corrected chi connectivity index (χ0v) is 13.0. The fourth-order valence-corrected chi connectivity index (χ4v) is 1.49. The van der Waals surface area contributed by atoms with Crippen LogP contribution in [-0.2, 0) is 16.2 Å². The highest BCUT2D eigenvalue weighted by Gasteiger charge is 2.24. The monoisotopic (exact) mass is 292 g/mol. The lowest BCUT2D eigenvalue weighted by Gasteiger charge is -2.19. The Hall–Kier alpha value is -2.11. The van der Waals surface area contributed by atoms with E-state index >= 15 is 0 Å². The summed E-state index contributed by atoms with van der Waals surface area (Å²) in [7, 11) is 0. The number of amides is 1. The molecule has 6 heteroatoms. The first-order valence-electron chi connectivity index (χ1n) is 7.07. The van der Waals surface area contributed by atoms with E-state index in [0.717, 1.165) is 5.56 Å². The number of amidine groups is 1. The van der Waals surface area contributed by atoms with E-state index < -0.39 is 6.10 Å². The third-order valence-electron chi connectivity index (χ3n) is 2.92. The number of nitrogens with zero attached hydrogens (tertiary/aromatic N) is 2. The Balaban J connectivity index is 2.59. The summed E-state index contributed by atoms with van der Waals surface area (Å²) in [6.07, 6.45) is 2.73. The molecule has 0 radical (unpaired) electrons. The van der Waals surface area contributed by atoms with Crippen LogP contribution in [0.1, 0.15) is 33.3 Å². The van der Waals surface area contributed by atoms with Crippen molar-refractivity contribution in [3.8, 4) is 0 Å². The lowest BCUT2D eigenvalue weighted by Crippen LogP contribution is -2.39. The SMILES string of the molecule is CC(C)C(N)=NOC(C(=O)NCc1cccnc1)C(C)C. The fourth-order valence-electron chi connectivity index (χ4n) is 1.49. The first-order valence-corrected chi connectivity index (χ1v) is 7.07. The first kappa shape index (κ1) is 16.9. The second-order valence-electron chi connectivity index (χ2n) is 5.52. The average molecular weight is 292 g/mol. The van der Waals surface area contributed by atoms with Gasteiger partial charge >= 0.3 is 0 Å². The standard InChI is InChI=1S/C15H24N4O2/c1-10(2)13(21-19-14(16)11(3)4)15(20)18-9-12-6-5-7-17-8-12/h5-8,10-11,13H,9H2,1-4H3,(H2,16,19)(H,18,20). The van der Waals surface area contributed by atoms with Gasteiger partial charge in [-0.3, -0.25) is 9.78 Å². The Kier molecular flexibility index (Phi) is 6.65. The van der Waals surface area contributed by atoms with Crippen LogP contribution < -0.4 is 11.1 Å². The van der Waals surface area contributed by atoms with E-state index in [2.05, 4.69) is 15.5 Å². The van der Waals surface area contributed by atoms with Crippen LogP contribution in [0.5, 0.6) is 0 Å². The number of nitrogens with one attached hydrogen (secondary N) is 1. The molecule has 1 rings (SSSR count). The van der Waals surface area contributed by atoms with E-state index in [0.29, 0.717) is 12.4 Å². The molecule has 0 fully saturated rings. The van der Waals surface area contributed by atoms with Gasteiger partial charge in [0, 0.05) is 30.8 Å². The van der Waals surface area contributed by atoms with Crippen molar-refractivity contribution in [2.45, 2.75) is 40.3 Å². The van der Waals surface area contributed by atoms with E-state index in [1.165, 1.54) is 0 Å². The lowest BCUT2D eigenvalue weighted by atomic mass is 10.1. The smallest absolute Gasteiger partial charge is 0.264 e. The van der Waals surface area contributed by atoms with Crippen molar-refractivity contribution in [2.75, 3.05) is 0 Å². The summed E-state index contributed by atoms with van der Waals surface area (Å²) in [5, 5.41) is 6.66. The fraction of sp³-hybridized carbons (Fsp3) is 0.533. The molecule has 0 spiro atoms. The molecule has 1 heterocycles. The number of hydrogen-bond donors (Lipinski definition) is 2. The molecule has 1 aromatic rings. The van der Waals surface area contributed by atoms with Gasteiger partial charge in [0.15, 0.2) is 0 Å². The van der Waals surface area contributed by atoms with E-state index in [1.54, 1.807) is 12.4 Å². The number of carbonyl (C=O) groups is 1. The molecule has 21 heavy (non-hydrogen) atoms. The molecule has 3 N–H and O–H groups in total. The highest BCUT2D eigenvalue weighted by Crippen LogP contribution is 2.09. The van der Waals surface area contributed by atoms with Crippen LogP contribution in [0.4, 0.5) is 0 Å². The van der Waals surface area contributed by atoms with Crippen molar-refractivity contribution in [2.24, 2.45) is 22.7 Å². The topological polar surface area (TPSA) is 89.6 Å². The second kappa shape index (κ2) is 8.24. The number of nitrogens with two attached hydrogens (primary N) is 1. The van der Waals surface area contributed by atoms with Gasteiger partial charge in [-0.2, -0.15) is 0 Å². The van der Waals surface area contributed by atoms with Gasteiger partial charge in [-0.25, -0.2) is 0 Å². The van der Waals surface area contributed by atoms with Gasteiger partial charge < -0.3 is 15.9 Å². The van der Waals surface area contributed by atoms with Gasteiger partial charge in [0.2, 0.25) is 6.10 Å². The molecule has 1 amide bonds. The minimum atomic E-state index is -0.668. The van der Waals surface area contributed by atoms with Crippen LogP contribution in [0.2, 0.25) is 0 Å². The van der Waals surface area contributed by atoms with Crippen molar-refractivity contribution in [3.05, 3.63) is 30.1 Å². The maximum Gasteiger partial charge on any atom is 0.264 e. The van der Waals surface area contributed by atoms with Gasteiger partial charge in [-0.1, -0.05) is 38.9 Å². The summed E-state index contributed by atoms with van der Waals surface area (Å²) < 4.78 is 0. The molecular formula is C15H24N4O2. The molecule has 0 aliphatic heterocycles. The Bertz CT molecular complexity index is 472. The number of oxime groups is 1. The second-order valence-corrected chi connectivity index (χ2v) is 5.52. The summed E-state index contributed by atoms with van der Waals surface area (Å²) >= 11 is 0. The number of pyridine rings is 1. The molecule has 0 aliphatic rings. The number of hydrogen-bond acceptors (Lipinski definition) is 4. The Morgan fingerprint density at radius 1 is 1.43 bits per heavy atom. The maximum absolute atomic E-state index is 12.2. The van der Waals surface area contributed by atoms with Crippen LogP contribution >= 0.6 is 0 Å². The highest BCUT2D eigenvalue weighted by atomic mass is 16.6. The van der Waals surface area contributed by atoms with Gasteiger partial charge in [0.05, 0.1) is 0 Å². The zero-order valence-electron chi connectivity index (χ0n) is 13.0. The first-order chi connectivity index (χ1) is 9.91. The van der Waals surface area contributed by atoms with Gasteiger partial charge in [-0.15, -0.1) is 0 Å². The summed E-state index contributed by atoms with van der Waals surface area (Å²) in [5.74, 6) is 0.230. The Morgan fingerprint density at radius 3 is 2.67 bits per heavy atom. The predicted molar refractivity (Wildman–Crippen MR) is 82.3 cm³/mol. The molecule has 0 aromatic carbocycles. The van der Waals surface area contributed by atoms with Crippen LogP contribution in [0.25, 0.3) is 0 Å². The lowest BCUT2D eigenvalue weighted by molar-refractivity contribution is -0.135. The molecule has 6 nitrogen and oxygen atoms in total. The molecule has 1 unspecified atom stereocenters. The Labute approximate surface area is 125 Å². The minimum Gasteiger partial charge on any atom is -0.384 e. The summed E-state index contributed by atoms with van der Waals surface area (Å²) in [4.78, 5) is 21.5. The minimum absolute atomic E-state index is 0.0115. The van der Waals surface area contributed by atoms with Gasteiger partial charge in [-0.05, 0) is 11.6 Å². The molecule has 0 bridgehead atoms. The zero-order chi connectivity index (χ0) is 15.8. The summed E-state index contributed by atoms with van der Waals surface area (Å²) in [6, 6.07) is 3.72. The van der Waals surface area contributed by atoms with Crippen molar-refractivity contribution in [1.29, 1.82) is 0 Å². The third-order valence-corrected chi connectivity index (χ3v) is 2.92. The number of aromatic nitrogens is 1. The van der Waals surface area contributed by atoms with Gasteiger partial charge in [0.1, 0.15) is 5.84 Å². The van der Waals surface area contributed by atoms with Crippen molar-refractivity contribution in [3.63, 3.8) is 0 Å². The van der Waals surface area contributed by atoms with Crippen LogP contribution in [0.15, 0.2) is 29.7 Å². The normalized spacial score (nSPS) is 13.3. The quantitative estimate of drug-likeness (QED) is 0.454. The predicted octanol–water partition coefficient (Wildman–Crippen LogP) is 1.67. The van der Waals surface area contributed by atoms with E-state index in [9.17, 15) is 4.79 Å². The maximum atomic E-state index is 12.2. The van der Waals surface area contributed by atoms with E-state index in [-0.39, 0.29) is 17.7 Å². The molecular weight excluding hydrogens is 268 g/mol. The molecule has 116 valence electrons. The van der Waals surface area contributed by atoms with Crippen LogP contribution in [-0.4, -0.2) is 22.8 Å². The largest absolute Gasteiger partial charge is 0.384 e. The summed E-state index contributed by atoms with van der Waals surface area (Å²) in [5.41, 5.74) is 6.64. The molecule has 0 saturated carbocycles. The average Bonchev–Trinajstić information content (AvgIpc) is 2.45. The van der Waals surface area contributed by atoms with Gasteiger partial charge in [0.25, 0.3) is 5.91 Å². The molecule has 0 aliphatic carbocycles. The number of carbonyl (C=O) groups excluding carboxylic acids is 1. The number of rotatable bonds is 7.